The number of carbonyl (C=O) groups excluding carboxylic acids is 2. The van der Waals surface area contributed by atoms with E-state index < -0.39 is 0 Å². The van der Waals surface area contributed by atoms with Gasteiger partial charge in [0.1, 0.15) is 0 Å². The summed E-state index contributed by atoms with van der Waals surface area (Å²) in [5.74, 6) is 0.466. The summed E-state index contributed by atoms with van der Waals surface area (Å²) in [6.45, 7) is 2.70. The summed E-state index contributed by atoms with van der Waals surface area (Å²) < 4.78 is 0. The van der Waals surface area contributed by atoms with Crippen molar-refractivity contribution in [3.05, 3.63) is 63.7 Å². The molecule has 0 saturated carbocycles. The first-order chi connectivity index (χ1) is 15.1. The molecule has 2 aliphatic heterocycles. The predicted molar refractivity (Wildman–Crippen MR) is 134 cm³/mol. The van der Waals surface area contributed by atoms with Crippen LogP contribution in [0, 0.1) is 0 Å². The first kappa shape index (κ1) is 24.8. The van der Waals surface area contributed by atoms with Crippen LogP contribution in [0.2, 0.25) is 5.02 Å². The third-order valence-corrected chi connectivity index (χ3v) is 6.75. The van der Waals surface area contributed by atoms with E-state index in [2.05, 4.69) is 11.4 Å². The van der Waals surface area contributed by atoms with Gasteiger partial charge in [0.15, 0.2) is 5.78 Å². The van der Waals surface area contributed by atoms with Crippen LogP contribution in [0.5, 0.6) is 0 Å². The van der Waals surface area contributed by atoms with Gasteiger partial charge in [0.25, 0.3) is 0 Å². The molecule has 4 rings (SSSR count). The number of benzene rings is 2. The van der Waals surface area contributed by atoms with Gasteiger partial charge in [0.2, 0.25) is 5.91 Å². The van der Waals surface area contributed by atoms with Crippen LogP contribution in [-0.2, 0) is 24.1 Å². The molecule has 32 heavy (non-hydrogen) atoms. The first-order valence-electron chi connectivity index (χ1n) is 11.6. The van der Waals surface area contributed by atoms with E-state index in [1.54, 1.807) is 0 Å². The van der Waals surface area contributed by atoms with Gasteiger partial charge in [-0.3, -0.25) is 9.59 Å². The second-order valence-electron chi connectivity index (χ2n) is 8.62. The number of rotatable bonds is 10. The second-order valence-corrected chi connectivity index (χ2v) is 9.02. The van der Waals surface area contributed by atoms with Crippen molar-refractivity contribution >= 4 is 41.4 Å². The highest BCUT2D eigenvalue weighted by molar-refractivity contribution is 6.31. The van der Waals surface area contributed by atoms with Gasteiger partial charge in [-0.15, -0.1) is 12.4 Å². The number of ketones is 1. The van der Waals surface area contributed by atoms with Crippen molar-refractivity contribution in [1.82, 2.24) is 5.32 Å². The second kappa shape index (κ2) is 11.8. The molecule has 2 aromatic carbocycles. The van der Waals surface area contributed by atoms with Gasteiger partial charge in [0.05, 0.1) is 5.69 Å². The van der Waals surface area contributed by atoms with Gasteiger partial charge in [-0.1, -0.05) is 36.2 Å². The van der Waals surface area contributed by atoms with Crippen molar-refractivity contribution in [2.24, 2.45) is 0 Å². The zero-order valence-corrected chi connectivity index (χ0v) is 20.1. The molecular formula is C26H32Cl2N2O2. The maximum Gasteiger partial charge on any atom is 0.227 e. The molecule has 0 atom stereocenters. The Morgan fingerprint density at radius 1 is 1.00 bits per heavy atom. The molecule has 0 saturated heterocycles. The van der Waals surface area contributed by atoms with E-state index in [1.165, 1.54) is 16.7 Å². The molecule has 0 unspecified atom stereocenters. The fourth-order valence-corrected chi connectivity index (χ4v) is 4.95. The van der Waals surface area contributed by atoms with Gasteiger partial charge in [-0.2, -0.15) is 0 Å². The summed E-state index contributed by atoms with van der Waals surface area (Å²) in [6.07, 6.45) is 7.84. The van der Waals surface area contributed by atoms with Crippen molar-refractivity contribution in [2.45, 2.75) is 57.8 Å². The number of hydrogen-bond acceptors (Lipinski definition) is 3. The van der Waals surface area contributed by atoms with Crippen LogP contribution < -0.4 is 10.2 Å². The SMILES string of the molecule is Cl.O=C(CCCCCNCCc1ccccc1Cl)c1cc2c3c(c1)CCC(=O)N3CCC2. The fraction of sp³-hybridized carbons (Fsp3) is 0.462. The van der Waals surface area contributed by atoms with E-state index in [-0.39, 0.29) is 24.1 Å². The Morgan fingerprint density at radius 3 is 2.59 bits per heavy atom. The number of anilines is 1. The molecule has 0 bridgehead atoms. The van der Waals surface area contributed by atoms with Crippen LogP contribution in [0.25, 0.3) is 0 Å². The third-order valence-electron chi connectivity index (χ3n) is 6.38. The predicted octanol–water partition coefficient (Wildman–Crippen LogP) is 5.56. The largest absolute Gasteiger partial charge is 0.316 e. The highest BCUT2D eigenvalue weighted by Crippen LogP contribution is 2.36. The number of hydrogen-bond donors (Lipinski definition) is 1. The minimum Gasteiger partial charge on any atom is -0.316 e. The number of Topliss-reactive ketones (excluding diaryl/α,β-unsaturated/α-hetero) is 1. The molecule has 2 aliphatic rings. The van der Waals surface area contributed by atoms with E-state index in [1.807, 2.05) is 35.2 Å². The topological polar surface area (TPSA) is 49.4 Å². The number of unbranched alkanes of at least 4 members (excludes halogenated alkanes) is 2. The van der Waals surface area contributed by atoms with Gasteiger partial charge in [-0.25, -0.2) is 0 Å². The Balaban J connectivity index is 0.00000289. The lowest BCUT2D eigenvalue weighted by Crippen LogP contribution is -2.39. The molecule has 0 fully saturated rings. The Kier molecular flexibility index (Phi) is 9.15. The number of aryl methyl sites for hydroxylation is 2. The van der Waals surface area contributed by atoms with Crippen molar-refractivity contribution in [2.75, 3.05) is 24.5 Å². The van der Waals surface area contributed by atoms with E-state index >= 15 is 0 Å². The van der Waals surface area contributed by atoms with E-state index in [4.69, 9.17) is 11.6 Å². The highest BCUT2D eigenvalue weighted by Gasteiger charge is 2.30. The average Bonchev–Trinajstić information content (AvgIpc) is 2.78. The lowest BCUT2D eigenvalue weighted by molar-refractivity contribution is -0.119. The molecule has 6 heteroatoms. The third kappa shape index (κ3) is 5.92. The smallest absolute Gasteiger partial charge is 0.227 e. The molecule has 2 heterocycles. The molecule has 1 N–H and O–H groups in total. The fourth-order valence-electron chi connectivity index (χ4n) is 4.72. The van der Waals surface area contributed by atoms with Crippen LogP contribution in [-0.4, -0.2) is 31.3 Å². The Morgan fingerprint density at radius 2 is 1.78 bits per heavy atom. The molecule has 0 spiro atoms. The summed E-state index contributed by atoms with van der Waals surface area (Å²) >= 11 is 6.18. The number of nitrogens with one attached hydrogen (secondary N) is 1. The zero-order valence-electron chi connectivity index (χ0n) is 18.5. The summed E-state index contributed by atoms with van der Waals surface area (Å²) in [5, 5.41) is 4.30. The van der Waals surface area contributed by atoms with Crippen molar-refractivity contribution in [3.8, 4) is 0 Å². The summed E-state index contributed by atoms with van der Waals surface area (Å²) in [5.41, 5.74) is 5.48. The summed E-state index contributed by atoms with van der Waals surface area (Å²) in [4.78, 5) is 26.9. The van der Waals surface area contributed by atoms with Crippen LogP contribution in [0.1, 0.15) is 65.6 Å². The van der Waals surface area contributed by atoms with Crippen molar-refractivity contribution in [1.29, 1.82) is 0 Å². The number of nitrogens with zero attached hydrogens (tertiary/aromatic N) is 1. The monoisotopic (exact) mass is 474 g/mol. The zero-order chi connectivity index (χ0) is 21.6. The highest BCUT2D eigenvalue weighted by atomic mass is 35.5. The minimum atomic E-state index is 0. The van der Waals surface area contributed by atoms with Crippen LogP contribution in [0.4, 0.5) is 5.69 Å². The maximum atomic E-state index is 12.8. The van der Waals surface area contributed by atoms with Gasteiger partial charge in [-0.05, 0) is 86.5 Å². The van der Waals surface area contributed by atoms with E-state index in [9.17, 15) is 9.59 Å². The normalized spacial score (nSPS) is 14.7. The lowest BCUT2D eigenvalue weighted by Gasteiger charge is -2.35. The number of amides is 1. The Labute approximate surface area is 202 Å². The Hall–Kier alpha value is -1.88. The standard InChI is InChI=1S/C26H31ClN2O2.ClH/c27-23-9-4-3-7-19(23)13-15-28-14-5-1-2-10-24(30)22-17-20-8-6-16-29-25(31)12-11-21(18-22)26(20)29;/h3-4,7,9,17-18,28H,1-2,5-6,8,10-16H2;1H. The molecule has 0 aliphatic carbocycles. The summed E-state index contributed by atoms with van der Waals surface area (Å²) in [7, 11) is 0. The van der Waals surface area contributed by atoms with Crippen molar-refractivity contribution in [3.63, 3.8) is 0 Å². The number of halogens is 2. The van der Waals surface area contributed by atoms with Crippen LogP contribution in [0.15, 0.2) is 36.4 Å². The van der Waals surface area contributed by atoms with Gasteiger partial charge in [0, 0.05) is 30.0 Å². The Bertz CT molecular complexity index is 944. The average molecular weight is 475 g/mol. The quantitative estimate of drug-likeness (QED) is 0.362. The molecular weight excluding hydrogens is 443 g/mol. The van der Waals surface area contributed by atoms with E-state index in [0.29, 0.717) is 12.8 Å². The molecule has 1 amide bonds. The summed E-state index contributed by atoms with van der Waals surface area (Å²) in [6, 6.07) is 12.1. The molecule has 172 valence electrons. The molecule has 0 radical (unpaired) electrons. The van der Waals surface area contributed by atoms with Gasteiger partial charge < -0.3 is 10.2 Å². The minimum absolute atomic E-state index is 0. The lowest BCUT2D eigenvalue weighted by atomic mass is 9.88. The van der Waals surface area contributed by atoms with Crippen molar-refractivity contribution < 1.29 is 9.59 Å². The van der Waals surface area contributed by atoms with Gasteiger partial charge >= 0.3 is 0 Å². The first-order valence-corrected chi connectivity index (χ1v) is 11.9. The molecule has 4 nitrogen and oxygen atoms in total. The van der Waals surface area contributed by atoms with Crippen LogP contribution in [0.3, 0.4) is 0 Å². The maximum absolute atomic E-state index is 12.8. The number of carbonyl (C=O) groups is 2. The molecule has 2 aromatic rings. The van der Waals surface area contributed by atoms with E-state index in [0.717, 1.165) is 80.9 Å². The van der Waals surface area contributed by atoms with Crippen LogP contribution >= 0.6 is 24.0 Å². The molecule has 0 aromatic heterocycles.